The van der Waals surface area contributed by atoms with Gasteiger partial charge in [-0.3, -0.25) is 4.68 Å². The fraction of sp³-hybridized carbons (Fsp3) is 0.286. The van der Waals surface area contributed by atoms with Crippen molar-refractivity contribution >= 4 is 5.97 Å². The van der Waals surface area contributed by atoms with E-state index < -0.39 is 17.3 Å². The van der Waals surface area contributed by atoms with Crippen LogP contribution in [0.1, 0.15) is 12.5 Å². The van der Waals surface area contributed by atoms with Crippen molar-refractivity contribution in [3.63, 3.8) is 0 Å². The van der Waals surface area contributed by atoms with Crippen molar-refractivity contribution in [2.24, 2.45) is 0 Å². The molecular formula is C14H15FN2O3. The zero-order valence-electron chi connectivity index (χ0n) is 11.2. The van der Waals surface area contributed by atoms with E-state index in [1.807, 2.05) is 0 Å². The molecule has 0 fully saturated rings. The van der Waals surface area contributed by atoms with Crippen molar-refractivity contribution in [3.05, 3.63) is 48.0 Å². The van der Waals surface area contributed by atoms with Crippen molar-refractivity contribution < 1.29 is 19.0 Å². The van der Waals surface area contributed by atoms with E-state index in [0.29, 0.717) is 11.3 Å². The zero-order chi connectivity index (χ0) is 14.8. The molecule has 0 saturated heterocycles. The summed E-state index contributed by atoms with van der Waals surface area (Å²) in [5, 5.41) is 13.5. The predicted molar refractivity (Wildman–Crippen MR) is 70.2 cm³/mol. The van der Waals surface area contributed by atoms with Crippen LogP contribution in [0.5, 0.6) is 5.75 Å². The van der Waals surface area contributed by atoms with Gasteiger partial charge in [0.2, 0.25) is 0 Å². The molecule has 1 N–H and O–H groups in total. The molecule has 0 saturated carbocycles. The number of carboxylic acid groups (broad SMARTS) is 1. The summed E-state index contributed by atoms with van der Waals surface area (Å²) >= 11 is 0. The quantitative estimate of drug-likeness (QED) is 0.909. The molecule has 6 heteroatoms. The Hall–Kier alpha value is -2.37. The van der Waals surface area contributed by atoms with Crippen LogP contribution in [0.15, 0.2) is 36.7 Å². The molecule has 1 aromatic heterocycles. The average Bonchev–Trinajstić information content (AvgIpc) is 2.90. The monoisotopic (exact) mass is 278 g/mol. The number of nitrogens with zero attached hydrogens (tertiary/aromatic N) is 2. The first-order chi connectivity index (χ1) is 9.47. The van der Waals surface area contributed by atoms with Gasteiger partial charge in [0.15, 0.2) is 11.3 Å². The number of rotatable bonds is 5. The van der Waals surface area contributed by atoms with Gasteiger partial charge in [0.25, 0.3) is 0 Å². The van der Waals surface area contributed by atoms with Crippen molar-refractivity contribution in [2.45, 2.75) is 18.9 Å². The number of hydrogen-bond donors (Lipinski definition) is 1. The number of halogens is 1. The predicted octanol–water partition coefficient (Wildman–Crippen LogP) is 2.07. The maximum absolute atomic E-state index is 13.7. The van der Waals surface area contributed by atoms with E-state index >= 15 is 0 Å². The first-order valence-corrected chi connectivity index (χ1v) is 6.03. The SMILES string of the molecule is COc1cnn(C(C)(Cc2ccccc2F)C(=O)O)c1. The number of carbonyl (C=O) groups is 1. The highest BCUT2D eigenvalue weighted by Gasteiger charge is 2.37. The number of aliphatic carboxylic acids is 1. The van der Waals surface area contributed by atoms with Crippen molar-refractivity contribution in [1.82, 2.24) is 9.78 Å². The Morgan fingerprint density at radius 1 is 1.50 bits per heavy atom. The number of benzene rings is 1. The largest absolute Gasteiger partial charge is 0.493 e. The van der Waals surface area contributed by atoms with E-state index in [-0.39, 0.29) is 6.42 Å². The van der Waals surface area contributed by atoms with E-state index in [0.717, 1.165) is 0 Å². The average molecular weight is 278 g/mol. The summed E-state index contributed by atoms with van der Waals surface area (Å²) in [6.45, 7) is 1.49. The van der Waals surface area contributed by atoms with Gasteiger partial charge in [0.05, 0.1) is 19.5 Å². The minimum absolute atomic E-state index is 0.0140. The summed E-state index contributed by atoms with van der Waals surface area (Å²) in [6.07, 6.45) is 2.89. The highest BCUT2D eigenvalue weighted by molar-refractivity contribution is 5.76. The summed E-state index contributed by atoms with van der Waals surface area (Å²) in [5.74, 6) is -1.07. The maximum atomic E-state index is 13.7. The van der Waals surface area contributed by atoms with E-state index in [2.05, 4.69) is 5.10 Å². The summed E-state index contributed by atoms with van der Waals surface area (Å²) < 4.78 is 20.0. The Kier molecular flexibility index (Phi) is 3.74. The Bertz CT molecular complexity index is 626. The minimum atomic E-state index is -1.39. The third-order valence-corrected chi connectivity index (χ3v) is 3.25. The van der Waals surface area contributed by atoms with Crippen LogP contribution in [-0.4, -0.2) is 28.0 Å². The third kappa shape index (κ3) is 2.49. The van der Waals surface area contributed by atoms with Crippen LogP contribution in [0.2, 0.25) is 0 Å². The third-order valence-electron chi connectivity index (χ3n) is 3.25. The normalized spacial score (nSPS) is 13.8. The fourth-order valence-corrected chi connectivity index (χ4v) is 1.95. The lowest BCUT2D eigenvalue weighted by atomic mass is 9.93. The highest BCUT2D eigenvalue weighted by atomic mass is 19.1. The second-order valence-electron chi connectivity index (χ2n) is 4.67. The lowest BCUT2D eigenvalue weighted by Crippen LogP contribution is -2.41. The van der Waals surface area contributed by atoms with Crippen LogP contribution in [0.25, 0.3) is 0 Å². The van der Waals surface area contributed by atoms with Gasteiger partial charge in [-0.05, 0) is 18.6 Å². The van der Waals surface area contributed by atoms with Gasteiger partial charge in [0.1, 0.15) is 5.82 Å². The van der Waals surface area contributed by atoms with Gasteiger partial charge in [0, 0.05) is 6.42 Å². The molecular weight excluding hydrogens is 263 g/mol. The van der Waals surface area contributed by atoms with Crippen LogP contribution in [0.4, 0.5) is 4.39 Å². The van der Waals surface area contributed by atoms with Gasteiger partial charge < -0.3 is 9.84 Å². The Labute approximate surface area is 115 Å². The lowest BCUT2D eigenvalue weighted by molar-refractivity contribution is -0.147. The number of methoxy groups -OCH3 is 1. The second-order valence-corrected chi connectivity index (χ2v) is 4.67. The van der Waals surface area contributed by atoms with Crippen molar-refractivity contribution in [2.75, 3.05) is 7.11 Å². The highest BCUT2D eigenvalue weighted by Crippen LogP contribution is 2.25. The minimum Gasteiger partial charge on any atom is -0.493 e. The van der Waals surface area contributed by atoms with Crippen LogP contribution in [-0.2, 0) is 16.8 Å². The van der Waals surface area contributed by atoms with E-state index in [9.17, 15) is 14.3 Å². The zero-order valence-corrected chi connectivity index (χ0v) is 11.2. The number of ether oxygens (including phenoxy) is 1. The van der Waals surface area contributed by atoms with Gasteiger partial charge in [-0.15, -0.1) is 0 Å². The molecule has 1 heterocycles. The Morgan fingerprint density at radius 2 is 2.20 bits per heavy atom. The molecule has 0 bridgehead atoms. The second kappa shape index (κ2) is 5.32. The van der Waals surface area contributed by atoms with Crippen LogP contribution >= 0.6 is 0 Å². The summed E-state index contributed by atoms with van der Waals surface area (Å²) in [7, 11) is 1.47. The molecule has 2 rings (SSSR count). The maximum Gasteiger partial charge on any atom is 0.331 e. The number of aromatic nitrogens is 2. The first-order valence-electron chi connectivity index (χ1n) is 6.03. The van der Waals surface area contributed by atoms with Gasteiger partial charge in [-0.25, -0.2) is 9.18 Å². The van der Waals surface area contributed by atoms with E-state index in [1.165, 1.54) is 37.2 Å². The molecule has 1 atom stereocenters. The van der Waals surface area contributed by atoms with E-state index in [1.54, 1.807) is 18.2 Å². The first kappa shape index (κ1) is 14.0. The standard InChI is InChI=1S/C14H15FN2O3/c1-14(13(18)19,17-9-11(20-2)8-16-17)7-10-5-3-4-6-12(10)15/h3-6,8-9H,7H2,1-2H3,(H,18,19). The van der Waals surface area contributed by atoms with Crippen molar-refractivity contribution in [1.29, 1.82) is 0 Å². The van der Waals surface area contributed by atoms with Crippen LogP contribution in [0, 0.1) is 5.82 Å². The molecule has 5 nitrogen and oxygen atoms in total. The molecule has 0 radical (unpaired) electrons. The Balaban J connectivity index is 2.40. The van der Waals surface area contributed by atoms with Gasteiger partial charge >= 0.3 is 5.97 Å². The topological polar surface area (TPSA) is 64.4 Å². The smallest absolute Gasteiger partial charge is 0.331 e. The molecule has 0 aliphatic heterocycles. The fourth-order valence-electron chi connectivity index (χ4n) is 1.95. The summed E-state index contributed by atoms with van der Waals surface area (Å²) in [5.41, 5.74) is -1.06. The van der Waals surface area contributed by atoms with E-state index in [4.69, 9.17) is 4.74 Å². The lowest BCUT2D eigenvalue weighted by Gasteiger charge is -2.25. The molecule has 0 aliphatic rings. The van der Waals surface area contributed by atoms with Crippen LogP contribution in [0.3, 0.4) is 0 Å². The summed E-state index contributed by atoms with van der Waals surface area (Å²) in [6, 6.07) is 6.11. The molecule has 0 spiro atoms. The summed E-state index contributed by atoms with van der Waals surface area (Å²) in [4.78, 5) is 11.6. The van der Waals surface area contributed by atoms with Gasteiger partial charge in [-0.1, -0.05) is 18.2 Å². The number of hydrogen-bond acceptors (Lipinski definition) is 3. The Morgan fingerprint density at radius 3 is 2.75 bits per heavy atom. The van der Waals surface area contributed by atoms with Crippen LogP contribution < -0.4 is 4.74 Å². The van der Waals surface area contributed by atoms with Crippen molar-refractivity contribution in [3.8, 4) is 5.75 Å². The number of carboxylic acids is 1. The molecule has 1 unspecified atom stereocenters. The molecule has 0 aliphatic carbocycles. The molecule has 20 heavy (non-hydrogen) atoms. The molecule has 2 aromatic rings. The molecule has 0 amide bonds. The molecule has 106 valence electrons. The molecule has 1 aromatic carbocycles. The van der Waals surface area contributed by atoms with Gasteiger partial charge in [-0.2, -0.15) is 5.10 Å².